The molecule has 2 heterocycles. The molecule has 1 aromatic heterocycles. The van der Waals surface area contributed by atoms with Gasteiger partial charge in [0.25, 0.3) is 0 Å². The van der Waals surface area contributed by atoms with Crippen LogP contribution in [0.15, 0.2) is 18.3 Å². The van der Waals surface area contributed by atoms with Gasteiger partial charge in [0, 0.05) is 32.3 Å². The summed E-state index contributed by atoms with van der Waals surface area (Å²) in [6, 6.07) is 5.09. The lowest BCUT2D eigenvalue weighted by Crippen LogP contribution is -2.50. The molecule has 1 fully saturated rings. The predicted octanol–water partition coefficient (Wildman–Crippen LogP) is 1.91. The van der Waals surface area contributed by atoms with E-state index in [0.717, 1.165) is 12.8 Å². The Morgan fingerprint density at radius 3 is 2.96 bits per heavy atom. The largest absolute Gasteiger partial charge is 0.466 e. The highest BCUT2D eigenvalue weighted by atomic mass is 16.5. The highest BCUT2D eigenvalue weighted by Gasteiger charge is 2.31. The Morgan fingerprint density at radius 2 is 2.26 bits per heavy atom. The Bertz CT molecular complexity index is 679. The number of ether oxygens (including phenoxy) is 1. The molecule has 2 rings (SSSR count). The molecule has 0 radical (unpaired) electrons. The van der Waals surface area contributed by atoms with Crippen molar-refractivity contribution in [1.29, 1.82) is 5.26 Å². The number of carbonyl (C=O) groups is 2. The van der Waals surface area contributed by atoms with Gasteiger partial charge in [0.15, 0.2) is 0 Å². The first-order chi connectivity index (χ1) is 13.0. The minimum Gasteiger partial charge on any atom is -0.466 e. The van der Waals surface area contributed by atoms with Crippen LogP contribution in [-0.2, 0) is 20.9 Å². The summed E-state index contributed by atoms with van der Waals surface area (Å²) in [5.41, 5.74) is 6.71. The molecule has 7 heteroatoms. The zero-order valence-electron chi connectivity index (χ0n) is 16.3. The second-order valence-corrected chi connectivity index (χ2v) is 7.25. The van der Waals surface area contributed by atoms with E-state index in [1.54, 1.807) is 13.0 Å². The number of carbonyl (C=O) groups excluding carboxylic acids is 2. The average Bonchev–Trinajstić information content (AvgIpc) is 3.12. The first-order valence-corrected chi connectivity index (χ1v) is 9.71. The van der Waals surface area contributed by atoms with Crippen molar-refractivity contribution in [3.8, 4) is 6.07 Å². The van der Waals surface area contributed by atoms with Crippen molar-refractivity contribution >= 4 is 11.9 Å². The molecule has 0 aliphatic carbocycles. The number of esters is 1. The standard InChI is InChI=1S/C20H30N4O3/c1-3-27-19(25)7-6-16-14-24(11-8-15(16)2)20(26)18(22)9-12-23-10-4-5-17(23)13-21/h4-5,10,15-16,18H,3,6-9,11-12,14,22H2,1-2H3/t15?,16-,18?/m0/s1. The van der Waals surface area contributed by atoms with Gasteiger partial charge < -0.3 is 19.9 Å². The van der Waals surface area contributed by atoms with Crippen LogP contribution in [0.2, 0.25) is 0 Å². The topological polar surface area (TPSA) is 101 Å². The molecule has 3 atom stereocenters. The molecule has 27 heavy (non-hydrogen) atoms. The Hall–Kier alpha value is -2.33. The van der Waals surface area contributed by atoms with Crippen LogP contribution in [0.5, 0.6) is 0 Å². The maximum atomic E-state index is 12.7. The van der Waals surface area contributed by atoms with E-state index in [1.165, 1.54) is 0 Å². The number of hydrogen-bond acceptors (Lipinski definition) is 5. The third-order valence-corrected chi connectivity index (χ3v) is 5.39. The Labute approximate surface area is 161 Å². The SMILES string of the molecule is CCOC(=O)CC[C@H]1CN(C(=O)C(N)CCn2cccc2C#N)CCC1C. The van der Waals surface area contributed by atoms with E-state index in [-0.39, 0.29) is 17.8 Å². The molecule has 1 aliphatic rings. The van der Waals surface area contributed by atoms with Crippen LogP contribution in [0, 0.1) is 23.2 Å². The second-order valence-electron chi connectivity index (χ2n) is 7.25. The molecular formula is C20H30N4O3. The molecule has 1 amide bonds. The molecule has 1 saturated heterocycles. The van der Waals surface area contributed by atoms with E-state index in [9.17, 15) is 9.59 Å². The average molecular weight is 374 g/mol. The van der Waals surface area contributed by atoms with Gasteiger partial charge >= 0.3 is 5.97 Å². The van der Waals surface area contributed by atoms with Gasteiger partial charge in [-0.15, -0.1) is 0 Å². The maximum Gasteiger partial charge on any atom is 0.305 e. The van der Waals surface area contributed by atoms with Crippen LogP contribution in [0.3, 0.4) is 0 Å². The lowest BCUT2D eigenvalue weighted by molar-refractivity contribution is -0.143. The fourth-order valence-corrected chi connectivity index (χ4v) is 3.61. The summed E-state index contributed by atoms with van der Waals surface area (Å²) < 4.78 is 6.82. The number of aromatic nitrogens is 1. The third-order valence-electron chi connectivity index (χ3n) is 5.39. The van der Waals surface area contributed by atoms with Gasteiger partial charge in [-0.1, -0.05) is 6.92 Å². The van der Waals surface area contributed by atoms with Gasteiger partial charge in [-0.05, 0) is 50.2 Å². The molecule has 2 unspecified atom stereocenters. The molecule has 1 aliphatic heterocycles. The number of nitrogens with two attached hydrogens (primary N) is 1. The van der Waals surface area contributed by atoms with E-state index in [1.807, 2.05) is 21.7 Å². The van der Waals surface area contributed by atoms with Crippen molar-refractivity contribution in [2.24, 2.45) is 17.6 Å². The summed E-state index contributed by atoms with van der Waals surface area (Å²) >= 11 is 0. The molecule has 0 saturated carbocycles. The van der Waals surface area contributed by atoms with Crippen LogP contribution in [0.4, 0.5) is 0 Å². The third kappa shape index (κ3) is 5.83. The minimum absolute atomic E-state index is 0.0475. The van der Waals surface area contributed by atoms with E-state index in [4.69, 9.17) is 15.7 Å². The molecule has 7 nitrogen and oxygen atoms in total. The molecule has 0 spiro atoms. The molecule has 0 aromatic carbocycles. The molecule has 1 aromatic rings. The maximum absolute atomic E-state index is 12.7. The summed E-state index contributed by atoms with van der Waals surface area (Å²) in [7, 11) is 0. The van der Waals surface area contributed by atoms with E-state index >= 15 is 0 Å². The second kappa shape index (κ2) is 10.1. The van der Waals surface area contributed by atoms with E-state index in [0.29, 0.717) is 50.7 Å². The van der Waals surface area contributed by atoms with Gasteiger partial charge in [0.1, 0.15) is 11.8 Å². The number of nitrogens with zero attached hydrogens (tertiary/aromatic N) is 3. The van der Waals surface area contributed by atoms with Crippen molar-refractivity contribution in [3.63, 3.8) is 0 Å². The number of likely N-dealkylation sites (tertiary alicyclic amines) is 1. The van der Waals surface area contributed by atoms with Gasteiger partial charge in [0.2, 0.25) is 5.91 Å². The highest BCUT2D eigenvalue weighted by Crippen LogP contribution is 2.27. The summed E-state index contributed by atoms with van der Waals surface area (Å²) in [5.74, 6) is 0.533. The summed E-state index contributed by atoms with van der Waals surface area (Å²) in [5, 5.41) is 9.05. The smallest absolute Gasteiger partial charge is 0.305 e. The number of hydrogen-bond donors (Lipinski definition) is 1. The van der Waals surface area contributed by atoms with Gasteiger partial charge in [-0.25, -0.2) is 0 Å². The Balaban J connectivity index is 1.85. The van der Waals surface area contributed by atoms with Crippen molar-refractivity contribution in [1.82, 2.24) is 9.47 Å². The lowest BCUT2D eigenvalue weighted by Gasteiger charge is -2.38. The summed E-state index contributed by atoms with van der Waals surface area (Å²) in [4.78, 5) is 26.2. The normalized spacial score (nSPS) is 20.7. The Kier molecular flexibility index (Phi) is 7.86. The lowest BCUT2D eigenvalue weighted by atomic mass is 9.83. The zero-order chi connectivity index (χ0) is 19.8. The van der Waals surface area contributed by atoms with Crippen LogP contribution >= 0.6 is 0 Å². The number of rotatable bonds is 8. The molecule has 2 N–H and O–H groups in total. The van der Waals surface area contributed by atoms with Crippen molar-refractivity contribution < 1.29 is 14.3 Å². The monoisotopic (exact) mass is 374 g/mol. The van der Waals surface area contributed by atoms with E-state index in [2.05, 4.69) is 13.0 Å². The number of nitriles is 1. The van der Waals surface area contributed by atoms with Crippen molar-refractivity contribution in [2.45, 2.75) is 52.1 Å². The fourth-order valence-electron chi connectivity index (χ4n) is 3.61. The van der Waals surface area contributed by atoms with Gasteiger partial charge in [-0.3, -0.25) is 9.59 Å². The van der Waals surface area contributed by atoms with E-state index < -0.39 is 6.04 Å². The Morgan fingerprint density at radius 1 is 1.48 bits per heavy atom. The number of amides is 1. The van der Waals surface area contributed by atoms with Crippen molar-refractivity contribution in [2.75, 3.05) is 19.7 Å². The molecular weight excluding hydrogens is 344 g/mol. The van der Waals surface area contributed by atoms with Crippen LogP contribution in [0.25, 0.3) is 0 Å². The minimum atomic E-state index is -0.585. The van der Waals surface area contributed by atoms with Crippen LogP contribution in [0.1, 0.15) is 45.2 Å². The summed E-state index contributed by atoms with van der Waals surface area (Å²) in [6.07, 6.45) is 4.35. The van der Waals surface area contributed by atoms with Crippen LogP contribution in [-0.4, -0.2) is 47.1 Å². The van der Waals surface area contributed by atoms with Gasteiger partial charge in [0.05, 0.1) is 12.6 Å². The predicted molar refractivity (Wildman–Crippen MR) is 101 cm³/mol. The van der Waals surface area contributed by atoms with Crippen molar-refractivity contribution in [3.05, 3.63) is 24.0 Å². The first-order valence-electron chi connectivity index (χ1n) is 9.71. The molecule has 148 valence electrons. The first kappa shape index (κ1) is 21.0. The summed E-state index contributed by atoms with van der Waals surface area (Å²) in [6.45, 7) is 6.26. The number of aryl methyl sites for hydroxylation is 1. The fraction of sp³-hybridized carbons (Fsp3) is 0.650. The van der Waals surface area contributed by atoms with Gasteiger partial charge in [-0.2, -0.15) is 5.26 Å². The number of piperidine rings is 1. The zero-order valence-corrected chi connectivity index (χ0v) is 16.3. The van der Waals surface area contributed by atoms with Crippen LogP contribution < -0.4 is 5.73 Å². The quantitative estimate of drug-likeness (QED) is 0.700. The highest BCUT2D eigenvalue weighted by molar-refractivity contribution is 5.81. The molecule has 0 bridgehead atoms.